The van der Waals surface area contributed by atoms with Gasteiger partial charge in [-0.1, -0.05) is 6.08 Å². The van der Waals surface area contributed by atoms with Crippen LogP contribution in [0.25, 0.3) is 0 Å². The van der Waals surface area contributed by atoms with Crippen LogP contribution in [0.15, 0.2) is 11.6 Å². The Labute approximate surface area is 71.5 Å². The van der Waals surface area contributed by atoms with Crippen molar-refractivity contribution < 1.29 is 9.90 Å². The topological polar surface area (TPSA) is 49.3 Å². The lowest BCUT2D eigenvalue weighted by Gasteiger charge is -2.20. The van der Waals surface area contributed by atoms with E-state index in [1.807, 2.05) is 6.08 Å². The zero-order valence-corrected chi connectivity index (χ0v) is 6.92. The van der Waals surface area contributed by atoms with Gasteiger partial charge < -0.3 is 10.4 Å². The molecule has 2 aliphatic rings. The monoisotopic (exact) mass is 167 g/mol. The van der Waals surface area contributed by atoms with E-state index in [9.17, 15) is 4.79 Å². The van der Waals surface area contributed by atoms with Crippen LogP contribution in [0, 0.1) is 5.92 Å². The smallest absolute Gasteiger partial charge is 0.331 e. The van der Waals surface area contributed by atoms with Crippen LogP contribution in [0.5, 0.6) is 0 Å². The second kappa shape index (κ2) is 2.90. The highest BCUT2D eigenvalue weighted by atomic mass is 16.4. The van der Waals surface area contributed by atoms with Crippen LogP contribution in [0.3, 0.4) is 0 Å². The lowest BCUT2D eigenvalue weighted by molar-refractivity contribution is -0.132. The van der Waals surface area contributed by atoms with Gasteiger partial charge in [0.2, 0.25) is 0 Å². The highest BCUT2D eigenvalue weighted by Gasteiger charge is 2.31. The summed E-state index contributed by atoms with van der Waals surface area (Å²) in [5.74, 6) is -0.0400. The van der Waals surface area contributed by atoms with Crippen molar-refractivity contribution in [3.8, 4) is 0 Å². The van der Waals surface area contributed by atoms with Crippen molar-refractivity contribution in [3.05, 3.63) is 11.6 Å². The zero-order valence-electron chi connectivity index (χ0n) is 6.92. The Balaban J connectivity index is 2.07. The molecule has 66 valence electrons. The molecule has 0 aromatic heterocycles. The fourth-order valence-electron chi connectivity index (χ4n) is 1.67. The molecule has 0 spiro atoms. The molecular weight excluding hydrogens is 154 g/mol. The maximum absolute atomic E-state index is 10.6. The number of carboxylic acids is 1. The third-order valence-electron chi connectivity index (χ3n) is 2.56. The number of rotatable bonds is 2. The quantitative estimate of drug-likeness (QED) is 0.638. The molecule has 1 saturated carbocycles. The summed E-state index contributed by atoms with van der Waals surface area (Å²) in [6.07, 6.45) is 5.06. The van der Waals surface area contributed by atoms with Crippen molar-refractivity contribution >= 4 is 5.97 Å². The lowest BCUT2D eigenvalue weighted by atomic mass is 10.0. The Bertz CT molecular complexity index is 231. The molecule has 1 aliphatic carbocycles. The molecule has 0 bridgehead atoms. The molecule has 0 aromatic carbocycles. The van der Waals surface area contributed by atoms with Gasteiger partial charge in [0.1, 0.15) is 0 Å². The second-order valence-electron chi connectivity index (χ2n) is 3.56. The molecule has 0 aromatic rings. The summed E-state index contributed by atoms with van der Waals surface area (Å²) < 4.78 is 0. The molecule has 0 amide bonds. The summed E-state index contributed by atoms with van der Waals surface area (Å²) in [5, 5.41) is 12.1. The Morgan fingerprint density at radius 1 is 1.58 bits per heavy atom. The van der Waals surface area contributed by atoms with Crippen LogP contribution in [0.2, 0.25) is 0 Å². The van der Waals surface area contributed by atoms with E-state index in [1.165, 1.54) is 12.8 Å². The average molecular weight is 167 g/mol. The van der Waals surface area contributed by atoms with Gasteiger partial charge in [-0.05, 0) is 31.7 Å². The van der Waals surface area contributed by atoms with Gasteiger partial charge in [-0.2, -0.15) is 0 Å². The summed E-state index contributed by atoms with van der Waals surface area (Å²) in [4.78, 5) is 10.6. The molecule has 1 aliphatic heterocycles. The minimum Gasteiger partial charge on any atom is -0.478 e. The highest BCUT2D eigenvalue weighted by molar-refractivity contribution is 5.86. The lowest BCUT2D eigenvalue weighted by Crippen LogP contribution is -2.35. The highest BCUT2D eigenvalue weighted by Crippen LogP contribution is 2.34. The van der Waals surface area contributed by atoms with Gasteiger partial charge in [0, 0.05) is 11.6 Å². The predicted octanol–water partition coefficient (Wildman–Crippen LogP) is 0.769. The number of hydrogen-bond acceptors (Lipinski definition) is 2. The number of carboxylic acid groups (broad SMARTS) is 1. The van der Waals surface area contributed by atoms with Gasteiger partial charge in [-0.25, -0.2) is 4.79 Å². The van der Waals surface area contributed by atoms with Crippen molar-refractivity contribution in [2.75, 3.05) is 6.54 Å². The summed E-state index contributed by atoms with van der Waals surface area (Å²) in [6, 6.07) is 0.338. The fraction of sp³-hybridized carbons (Fsp3) is 0.667. The minimum absolute atomic E-state index is 0.338. The van der Waals surface area contributed by atoms with Gasteiger partial charge >= 0.3 is 5.97 Å². The van der Waals surface area contributed by atoms with Crippen molar-refractivity contribution in [3.63, 3.8) is 0 Å². The minimum atomic E-state index is -0.748. The Kier molecular flexibility index (Phi) is 1.89. The summed E-state index contributed by atoms with van der Waals surface area (Å²) in [7, 11) is 0. The molecule has 0 radical (unpaired) electrons. The maximum Gasteiger partial charge on any atom is 0.331 e. The predicted molar refractivity (Wildman–Crippen MR) is 44.9 cm³/mol. The normalized spacial score (nSPS) is 29.7. The Morgan fingerprint density at radius 3 is 2.92 bits per heavy atom. The van der Waals surface area contributed by atoms with Crippen LogP contribution in [0.4, 0.5) is 0 Å². The van der Waals surface area contributed by atoms with Gasteiger partial charge in [0.05, 0.1) is 0 Å². The largest absolute Gasteiger partial charge is 0.478 e. The third-order valence-corrected chi connectivity index (χ3v) is 2.56. The van der Waals surface area contributed by atoms with E-state index < -0.39 is 5.97 Å². The molecule has 12 heavy (non-hydrogen) atoms. The first-order valence-electron chi connectivity index (χ1n) is 4.45. The van der Waals surface area contributed by atoms with Crippen molar-refractivity contribution in [2.45, 2.75) is 25.3 Å². The first-order valence-corrected chi connectivity index (χ1v) is 4.45. The Morgan fingerprint density at radius 2 is 2.33 bits per heavy atom. The van der Waals surface area contributed by atoms with Gasteiger partial charge in [-0.15, -0.1) is 0 Å². The van der Waals surface area contributed by atoms with E-state index in [0.717, 1.165) is 6.54 Å². The summed E-state index contributed by atoms with van der Waals surface area (Å²) >= 11 is 0. The standard InChI is InChI=1S/C9H13NO2/c11-9(12)7-3-4-10-8(5-7)6-1-2-6/h5-6,8,10H,1-4H2,(H,11,12). The van der Waals surface area contributed by atoms with Crippen LogP contribution in [-0.2, 0) is 4.79 Å². The number of aliphatic carboxylic acids is 1. The number of nitrogens with one attached hydrogen (secondary N) is 1. The first kappa shape index (κ1) is 7.80. The van der Waals surface area contributed by atoms with Crippen molar-refractivity contribution in [2.24, 2.45) is 5.92 Å². The summed E-state index contributed by atoms with van der Waals surface area (Å²) in [6.45, 7) is 0.819. The van der Waals surface area contributed by atoms with E-state index in [2.05, 4.69) is 5.32 Å². The molecule has 3 nitrogen and oxygen atoms in total. The van der Waals surface area contributed by atoms with Gasteiger partial charge in [0.15, 0.2) is 0 Å². The molecular formula is C9H13NO2. The summed E-state index contributed by atoms with van der Waals surface area (Å²) in [5.41, 5.74) is 0.589. The Hall–Kier alpha value is -0.830. The molecule has 1 atom stereocenters. The zero-order chi connectivity index (χ0) is 8.55. The van der Waals surface area contributed by atoms with E-state index in [-0.39, 0.29) is 0 Å². The van der Waals surface area contributed by atoms with Gasteiger partial charge in [0.25, 0.3) is 0 Å². The van der Waals surface area contributed by atoms with E-state index in [0.29, 0.717) is 24.0 Å². The van der Waals surface area contributed by atoms with Crippen LogP contribution < -0.4 is 5.32 Å². The van der Waals surface area contributed by atoms with Gasteiger partial charge in [-0.3, -0.25) is 0 Å². The van der Waals surface area contributed by atoms with E-state index in [4.69, 9.17) is 5.11 Å². The molecule has 2 rings (SSSR count). The van der Waals surface area contributed by atoms with Crippen LogP contribution in [0.1, 0.15) is 19.3 Å². The number of carbonyl (C=O) groups is 1. The average Bonchev–Trinajstić information content (AvgIpc) is 2.87. The maximum atomic E-state index is 10.6. The second-order valence-corrected chi connectivity index (χ2v) is 3.56. The third kappa shape index (κ3) is 1.50. The molecule has 1 unspecified atom stereocenters. The molecule has 0 saturated heterocycles. The van der Waals surface area contributed by atoms with Crippen molar-refractivity contribution in [1.82, 2.24) is 5.32 Å². The van der Waals surface area contributed by atoms with Crippen LogP contribution in [-0.4, -0.2) is 23.7 Å². The van der Waals surface area contributed by atoms with Crippen LogP contribution >= 0.6 is 0 Å². The number of hydrogen-bond donors (Lipinski definition) is 2. The molecule has 1 heterocycles. The molecule has 1 fully saturated rings. The molecule has 2 N–H and O–H groups in total. The van der Waals surface area contributed by atoms with E-state index in [1.54, 1.807) is 0 Å². The fourth-order valence-corrected chi connectivity index (χ4v) is 1.67. The van der Waals surface area contributed by atoms with E-state index >= 15 is 0 Å². The first-order chi connectivity index (χ1) is 5.77. The SMILES string of the molecule is O=C(O)C1=CC(C2CC2)NCC1. The molecule has 3 heteroatoms. The van der Waals surface area contributed by atoms with Crippen molar-refractivity contribution in [1.29, 1.82) is 0 Å².